The van der Waals surface area contributed by atoms with E-state index in [1.165, 1.54) is 12.3 Å². The van der Waals surface area contributed by atoms with Gasteiger partial charge in [-0.15, -0.1) is 0 Å². The van der Waals surface area contributed by atoms with Crippen LogP contribution in [0, 0.1) is 0 Å². The summed E-state index contributed by atoms with van der Waals surface area (Å²) in [5.74, 6) is 0.283. The van der Waals surface area contributed by atoms with Crippen molar-refractivity contribution in [1.29, 1.82) is 0 Å². The van der Waals surface area contributed by atoms with Crippen LogP contribution in [0.25, 0.3) is 11.1 Å². The van der Waals surface area contributed by atoms with Gasteiger partial charge in [0.15, 0.2) is 0 Å². The molecule has 3 rings (SSSR count). The predicted molar refractivity (Wildman–Crippen MR) is 84.9 cm³/mol. The number of aromatic nitrogens is 4. The van der Waals surface area contributed by atoms with E-state index >= 15 is 0 Å². The van der Waals surface area contributed by atoms with Gasteiger partial charge in [0.05, 0.1) is 6.20 Å². The molecule has 0 fully saturated rings. The number of rotatable bonds is 5. The summed E-state index contributed by atoms with van der Waals surface area (Å²) < 4.78 is 0. The van der Waals surface area contributed by atoms with Crippen LogP contribution in [0.3, 0.4) is 0 Å². The molecule has 0 spiro atoms. The lowest BCUT2D eigenvalue weighted by atomic mass is 10.1. The second kappa shape index (κ2) is 6.69. The van der Waals surface area contributed by atoms with E-state index < -0.39 is 0 Å². The summed E-state index contributed by atoms with van der Waals surface area (Å²) >= 11 is 0. The molecule has 0 aliphatic rings. The predicted octanol–water partition coefficient (Wildman–Crippen LogP) is 1.13. The topological polar surface area (TPSA) is 104 Å². The van der Waals surface area contributed by atoms with Gasteiger partial charge in [-0.3, -0.25) is 14.7 Å². The van der Waals surface area contributed by atoms with E-state index in [0.717, 1.165) is 11.1 Å². The largest absolute Gasteiger partial charge is 0.350 e. The third-order valence-electron chi connectivity index (χ3n) is 3.32. The van der Waals surface area contributed by atoms with Crippen LogP contribution >= 0.6 is 0 Å². The molecule has 0 aliphatic heterocycles. The number of hydrogen-bond donors (Lipinski definition) is 3. The van der Waals surface area contributed by atoms with Gasteiger partial charge in [0.1, 0.15) is 11.5 Å². The molecule has 23 heavy (non-hydrogen) atoms. The van der Waals surface area contributed by atoms with E-state index in [1.54, 1.807) is 6.20 Å². The Morgan fingerprint density at radius 3 is 2.78 bits per heavy atom. The van der Waals surface area contributed by atoms with Gasteiger partial charge in [-0.2, -0.15) is 5.10 Å². The van der Waals surface area contributed by atoms with Gasteiger partial charge in [0.2, 0.25) is 0 Å². The van der Waals surface area contributed by atoms with E-state index in [9.17, 15) is 9.59 Å². The summed E-state index contributed by atoms with van der Waals surface area (Å²) in [5.41, 5.74) is 1.86. The Balaban J connectivity index is 1.66. The van der Waals surface area contributed by atoms with Crippen molar-refractivity contribution in [2.45, 2.75) is 6.42 Å². The minimum atomic E-state index is -0.250. The van der Waals surface area contributed by atoms with Crippen molar-refractivity contribution in [3.63, 3.8) is 0 Å². The van der Waals surface area contributed by atoms with Crippen LogP contribution in [-0.2, 0) is 6.42 Å². The summed E-state index contributed by atoms with van der Waals surface area (Å²) in [6.45, 7) is 0.360. The standard InChI is InChI=1S/C16H15N5O2/c22-14-7-9-17-13(20-14)6-8-18-16(23)15-12(10-19-21-15)11-4-2-1-3-5-11/h1-5,7,9-10H,6,8H2,(H,18,23)(H,19,21)(H,17,20,22). The molecule has 2 heterocycles. The van der Waals surface area contributed by atoms with Crippen LogP contribution in [0.2, 0.25) is 0 Å². The number of hydrogen-bond acceptors (Lipinski definition) is 4. The van der Waals surface area contributed by atoms with Gasteiger partial charge >= 0.3 is 0 Å². The Kier molecular flexibility index (Phi) is 4.28. The van der Waals surface area contributed by atoms with Crippen molar-refractivity contribution in [1.82, 2.24) is 25.5 Å². The van der Waals surface area contributed by atoms with E-state index in [0.29, 0.717) is 24.5 Å². The Labute approximate surface area is 131 Å². The molecule has 116 valence electrons. The first-order valence-corrected chi connectivity index (χ1v) is 7.15. The molecular weight excluding hydrogens is 294 g/mol. The van der Waals surface area contributed by atoms with Gasteiger partial charge in [-0.1, -0.05) is 30.3 Å². The molecule has 0 atom stereocenters. The maximum atomic E-state index is 12.3. The van der Waals surface area contributed by atoms with Crippen LogP contribution in [0.5, 0.6) is 0 Å². The summed E-state index contributed by atoms with van der Waals surface area (Å²) in [5, 5.41) is 9.47. The van der Waals surface area contributed by atoms with Crippen molar-refractivity contribution in [3.8, 4) is 11.1 Å². The molecule has 0 radical (unpaired) electrons. The maximum Gasteiger partial charge on any atom is 0.269 e. The molecule has 7 heteroatoms. The van der Waals surface area contributed by atoms with Gasteiger partial charge in [-0.25, -0.2) is 4.98 Å². The number of amides is 1. The summed E-state index contributed by atoms with van der Waals surface area (Å²) in [4.78, 5) is 30.1. The second-order valence-corrected chi connectivity index (χ2v) is 4.91. The monoisotopic (exact) mass is 309 g/mol. The molecule has 2 aromatic heterocycles. The highest BCUT2D eigenvalue weighted by molar-refractivity contribution is 5.98. The molecule has 0 bridgehead atoms. The molecule has 3 N–H and O–H groups in total. The van der Waals surface area contributed by atoms with E-state index in [1.807, 2.05) is 30.3 Å². The lowest BCUT2D eigenvalue weighted by Crippen LogP contribution is -2.27. The normalized spacial score (nSPS) is 10.4. The lowest BCUT2D eigenvalue weighted by molar-refractivity contribution is 0.0949. The molecule has 0 saturated carbocycles. The van der Waals surface area contributed by atoms with E-state index in [4.69, 9.17) is 0 Å². The summed E-state index contributed by atoms with van der Waals surface area (Å²) in [6.07, 6.45) is 3.51. The Hall–Kier alpha value is -3.22. The van der Waals surface area contributed by atoms with E-state index in [2.05, 4.69) is 25.5 Å². The average molecular weight is 309 g/mol. The smallest absolute Gasteiger partial charge is 0.269 e. The zero-order chi connectivity index (χ0) is 16.1. The first kappa shape index (κ1) is 14.7. The Morgan fingerprint density at radius 1 is 1.17 bits per heavy atom. The van der Waals surface area contributed by atoms with Crippen molar-refractivity contribution in [2.75, 3.05) is 6.54 Å². The van der Waals surface area contributed by atoms with Gasteiger partial charge in [0.25, 0.3) is 11.5 Å². The number of benzene rings is 1. The highest BCUT2D eigenvalue weighted by Crippen LogP contribution is 2.21. The van der Waals surface area contributed by atoms with Crippen molar-refractivity contribution >= 4 is 5.91 Å². The third-order valence-corrected chi connectivity index (χ3v) is 3.32. The first-order valence-electron chi connectivity index (χ1n) is 7.15. The van der Waals surface area contributed by atoms with Gasteiger partial charge < -0.3 is 10.3 Å². The molecule has 3 aromatic rings. The number of nitrogens with one attached hydrogen (secondary N) is 3. The highest BCUT2D eigenvalue weighted by Gasteiger charge is 2.14. The fourth-order valence-corrected chi connectivity index (χ4v) is 2.22. The maximum absolute atomic E-state index is 12.3. The number of carbonyl (C=O) groups is 1. The van der Waals surface area contributed by atoms with Crippen LogP contribution in [-0.4, -0.2) is 32.6 Å². The van der Waals surface area contributed by atoms with Crippen molar-refractivity contribution in [2.24, 2.45) is 0 Å². The van der Waals surface area contributed by atoms with Crippen molar-refractivity contribution < 1.29 is 4.79 Å². The van der Waals surface area contributed by atoms with Crippen LogP contribution in [0.4, 0.5) is 0 Å². The third kappa shape index (κ3) is 3.52. The minimum Gasteiger partial charge on any atom is -0.350 e. The molecule has 1 amide bonds. The Morgan fingerprint density at radius 2 is 2.00 bits per heavy atom. The van der Waals surface area contributed by atoms with Gasteiger partial charge in [0, 0.05) is 30.8 Å². The van der Waals surface area contributed by atoms with E-state index in [-0.39, 0.29) is 11.5 Å². The quantitative estimate of drug-likeness (QED) is 0.657. The number of aromatic amines is 2. The molecule has 1 aromatic carbocycles. The Bertz CT molecular complexity index is 854. The second-order valence-electron chi connectivity index (χ2n) is 4.91. The summed E-state index contributed by atoms with van der Waals surface area (Å²) in [7, 11) is 0. The fourth-order valence-electron chi connectivity index (χ4n) is 2.22. The molecule has 0 saturated heterocycles. The van der Waals surface area contributed by atoms with Crippen LogP contribution in [0.15, 0.2) is 53.6 Å². The van der Waals surface area contributed by atoms with Gasteiger partial charge in [-0.05, 0) is 5.56 Å². The molecule has 0 unspecified atom stereocenters. The lowest BCUT2D eigenvalue weighted by Gasteiger charge is -2.05. The number of carbonyl (C=O) groups excluding carboxylic acids is 1. The number of nitrogens with zero attached hydrogens (tertiary/aromatic N) is 2. The summed E-state index contributed by atoms with van der Waals surface area (Å²) in [6, 6.07) is 10.9. The zero-order valence-corrected chi connectivity index (χ0v) is 12.2. The SMILES string of the molecule is O=C(NCCc1nccc(=O)[nH]1)c1[nH]ncc1-c1ccccc1. The molecular formula is C16H15N5O2. The fraction of sp³-hybridized carbons (Fsp3) is 0.125. The van der Waals surface area contributed by atoms with Crippen LogP contribution < -0.4 is 10.9 Å². The highest BCUT2D eigenvalue weighted by atomic mass is 16.2. The van der Waals surface area contributed by atoms with Crippen LogP contribution in [0.1, 0.15) is 16.3 Å². The zero-order valence-electron chi connectivity index (χ0n) is 12.2. The average Bonchev–Trinajstić information content (AvgIpc) is 3.05. The first-order chi connectivity index (χ1) is 11.2. The minimum absolute atomic E-state index is 0.207. The number of H-pyrrole nitrogens is 2. The molecule has 7 nitrogen and oxygen atoms in total. The van der Waals surface area contributed by atoms with Crippen molar-refractivity contribution in [3.05, 3.63) is 70.7 Å². The molecule has 0 aliphatic carbocycles.